The van der Waals surface area contributed by atoms with Gasteiger partial charge in [0, 0.05) is 24.2 Å². The van der Waals surface area contributed by atoms with E-state index in [1.165, 1.54) is 6.21 Å². The standard InChI is InChI=1S/C8H7N3O/c12-10-5-7-1-2-8-9-3-4-11(8)6-7/h1-6,12H/b10-5-. The van der Waals surface area contributed by atoms with Gasteiger partial charge >= 0.3 is 0 Å². The first kappa shape index (κ1) is 6.84. The molecule has 0 atom stereocenters. The van der Waals surface area contributed by atoms with E-state index in [1.54, 1.807) is 6.20 Å². The molecule has 12 heavy (non-hydrogen) atoms. The van der Waals surface area contributed by atoms with Crippen molar-refractivity contribution in [2.75, 3.05) is 0 Å². The van der Waals surface area contributed by atoms with Gasteiger partial charge in [0.05, 0.1) is 6.21 Å². The Hall–Kier alpha value is -1.84. The average Bonchev–Trinajstić information content (AvgIpc) is 2.51. The average molecular weight is 161 g/mol. The Morgan fingerprint density at radius 3 is 3.25 bits per heavy atom. The Bertz CT molecular complexity index is 419. The first-order valence-corrected chi connectivity index (χ1v) is 3.50. The van der Waals surface area contributed by atoms with Gasteiger partial charge in [0.2, 0.25) is 0 Å². The van der Waals surface area contributed by atoms with Crippen LogP contribution in [0, 0.1) is 0 Å². The molecular weight excluding hydrogens is 154 g/mol. The zero-order chi connectivity index (χ0) is 8.39. The van der Waals surface area contributed by atoms with Gasteiger partial charge in [-0.1, -0.05) is 5.16 Å². The molecule has 0 amide bonds. The molecule has 4 heteroatoms. The fraction of sp³-hybridized carbons (Fsp3) is 0. The second-order valence-electron chi connectivity index (χ2n) is 2.40. The quantitative estimate of drug-likeness (QED) is 0.387. The van der Waals surface area contributed by atoms with Crippen molar-refractivity contribution in [2.24, 2.45) is 5.16 Å². The lowest BCUT2D eigenvalue weighted by Crippen LogP contribution is -1.87. The molecule has 2 heterocycles. The van der Waals surface area contributed by atoms with Crippen molar-refractivity contribution in [3.8, 4) is 0 Å². The van der Waals surface area contributed by atoms with Gasteiger partial charge in [-0.05, 0) is 12.1 Å². The molecule has 2 aromatic heterocycles. The molecule has 1 N–H and O–H groups in total. The number of oxime groups is 1. The number of rotatable bonds is 1. The largest absolute Gasteiger partial charge is 0.411 e. The van der Waals surface area contributed by atoms with Crippen LogP contribution in [0.4, 0.5) is 0 Å². The minimum Gasteiger partial charge on any atom is -0.411 e. The summed E-state index contributed by atoms with van der Waals surface area (Å²) in [4.78, 5) is 4.08. The topological polar surface area (TPSA) is 49.9 Å². The molecule has 60 valence electrons. The molecule has 0 saturated carbocycles. The van der Waals surface area contributed by atoms with Crippen molar-refractivity contribution < 1.29 is 5.21 Å². The molecule has 0 fully saturated rings. The second-order valence-corrected chi connectivity index (χ2v) is 2.40. The molecule has 0 radical (unpaired) electrons. The zero-order valence-electron chi connectivity index (χ0n) is 6.25. The molecule has 0 aromatic carbocycles. The van der Waals surface area contributed by atoms with Crippen LogP contribution < -0.4 is 0 Å². The maximum atomic E-state index is 8.29. The van der Waals surface area contributed by atoms with Crippen LogP contribution in [0.1, 0.15) is 5.56 Å². The Morgan fingerprint density at radius 2 is 2.42 bits per heavy atom. The van der Waals surface area contributed by atoms with Crippen LogP contribution in [0.25, 0.3) is 5.65 Å². The third-order valence-corrected chi connectivity index (χ3v) is 1.62. The van der Waals surface area contributed by atoms with E-state index in [0.29, 0.717) is 0 Å². The molecule has 4 nitrogen and oxygen atoms in total. The molecule has 0 aliphatic carbocycles. The maximum Gasteiger partial charge on any atom is 0.136 e. The van der Waals surface area contributed by atoms with E-state index in [0.717, 1.165) is 11.2 Å². The first-order chi connectivity index (χ1) is 5.90. The van der Waals surface area contributed by atoms with E-state index >= 15 is 0 Å². The van der Waals surface area contributed by atoms with Crippen molar-refractivity contribution in [2.45, 2.75) is 0 Å². The molecule has 0 unspecified atom stereocenters. The predicted octanol–water partition coefficient (Wildman–Crippen LogP) is 1.14. The molecule has 2 rings (SSSR count). The van der Waals surface area contributed by atoms with E-state index < -0.39 is 0 Å². The SMILES string of the molecule is O/N=C\c1ccc2nccn2c1. The summed E-state index contributed by atoms with van der Waals surface area (Å²) in [5.41, 5.74) is 1.72. The minimum absolute atomic E-state index is 0.836. The van der Waals surface area contributed by atoms with Crippen LogP contribution in [0.15, 0.2) is 35.9 Å². The van der Waals surface area contributed by atoms with Gasteiger partial charge in [-0.3, -0.25) is 0 Å². The third kappa shape index (κ3) is 1.03. The zero-order valence-corrected chi connectivity index (χ0v) is 6.25. The van der Waals surface area contributed by atoms with Gasteiger partial charge in [-0.25, -0.2) is 4.98 Å². The number of pyridine rings is 1. The van der Waals surface area contributed by atoms with Crippen LogP contribution in [-0.2, 0) is 0 Å². The van der Waals surface area contributed by atoms with E-state index in [1.807, 2.05) is 28.9 Å². The summed E-state index contributed by atoms with van der Waals surface area (Å²) in [7, 11) is 0. The first-order valence-electron chi connectivity index (χ1n) is 3.50. The van der Waals surface area contributed by atoms with Crippen LogP contribution in [0.3, 0.4) is 0 Å². The number of fused-ring (bicyclic) bond motifs is 1. The number of imidazole rings is 1. The van der Waals surface area contributed by atoms with Crippen LogP contribution in [0.2, 0.25) is 0 Å². The fourth-order valence-corrected chi connectivity index (χ4v) is 1.08. The monoisotopic (exact) mass is 161 g/mol. The summed E-state index contributed by atoms with van der Waals surface area (Å²) in [6.07, 6.45) is 6.76. The Labute approximate surface area is 68.8 Å². The van der Waals surface area contributed by atoms with Crippen molar-refractivity contribution in [1.82, 2.24) is 9.38 Å². The highest BCUT2D eigenvalue weighted by Crippen LogP contribution is 2.02. The lowest BCUT2D eigenvalue weighted by Gasteiger charge is -1.93. The minimum atomic E-state index is 0.836. The van der Waals surface area contributed by atoms with Crippen molar-refractivity contribution in [1.29, 1.82) is 0 Å². The summed E-state index contributed by atoms with van der Waals surface area (Å²) in [5.74, 6) is 0. The van der Waals surface area contributed by atoms with Gasteiger partial charge in [0.15, 0.2) is 0 Å². The van der Waals surface area contributed by atoms with E-state index in [-0.39, 0.29) is 0 Å². The highest BCUT2D eigenvalue weighted by atomic mass is 16.4. The number of hydrogen-bond acceptors (Lipinski definition) is 3. The highest BCUT2D eigenvalue weighted by molar-refractivity contribution is 5.79. The number of nitrogens with zero attached hydrogens (tertiary/aromatic N) is 3. The lowest BCUT2D eigenvalue weighted by molar-refractivity contribution is 0.322. The molecule has 2 aromatic rings. The van der Waals surface area contributed by atoms with Crippen LogP contribution in [-0.4, -0.2) is 20.8 Å². The summed E-state index contributed by atoms with van der Waals surface area (Å²) in [6.45, 7) is 0. The summed E-state index contributed by atoms with van der Waals surface area (Å²) < 4.78 is 1.86. The normalized spacial score (nSPS) is 11.3. The summed E-state index contributed by atoms with van der Waals surface area (Å²) in [6, 6.07) is 3.69. The molecule has 0 spiro atoms. The maximum absolute atomic E-state index is 8.29. The molecule has 0 saturated heterocycles. The van der Waals surface area contributed by atoms with Crippen molar-refractivity contribution in [3.63, 3.8) is 0 Å². The number of aromatic nitrogens is 2. The fourth-order valence-electron chi connectivity index (χ4n) is 1.08. The Balaban J connectivity index is 2.60. The summed E-state index contributed by atoms with van der Waals surface area (Å²) >= 11 is 0. The Morgan fingerprint density at radius 1 is 1.50 bits per heavy atom. The molecular formula is C8H7N3O. The smallest absolute Gasteiger partial charge is 0.136 e. The lowest BCUT2D eigenvalue weighted by atomic mass is 10.3. The van der Waals surface area contributed by atoms with E-state index in [9.17, 15) is 0 Å². The molecule has 0 bridgehead atoms. The van der Waals surface area contributed by atoms with Gasteiger partial charge < -0.3 is 9.61 Å². The highest BCUT2D eigenvalue weighted by Gasteiger charge is 1.92. The van der Waals surface area contributed by atoms with Gasteiger partial charge in [-0.15, -0.1) is 0 Å². The molecule has 0 aliphatic rings. The van der Waals surface area contributed by atoms with Gasteiger partial charge in [0.1, 0.15) is 5.65 Å². The van der Waals surface area contributed by atoms with Crippen LogP contribution >= 0.6 is 0 Å². The third-order valence-electron chi connectivity index (χ3n) is 1.62. The molecule has 0 aliphatic heterocycles. The van der Waals surface area contributed by atoms with Gasteiger partial charge in [0.25, 0.3) is 0 Å². The van der Waals surface area contributed by atoms with Crippen molar-refractivity contribution in [3.05, 3.63) is 36.3 Å². The van der Waals surface area contributed by atoms with Crippen molar-refractivity contribution >= 4 is 11.9 Å². The summed E-state index contributed by atoms with van der Waals surface area (Å²) in [5, 5.41) is 11.2. The van der Waals surface area contributed by atoms with Gasteiger partial charge in [-0.2, -0.15) is 0 Å². The van der Waals surface area contributed by atoms with E-state index in [2.05, 4.69) is 10.1 Å². The Kier molecular flexibility index (Phi) is 1.51. The number of hydrogen-bond donors (Lipinski definition) is 1. The van der Waals surface area contributed by atoms with E-state index in [4.69, 9.17) is 5.21 Å². The van der Waals surface area contributed by atoms with Crippen LogP contribution in [0.5, 0.6) is 0 Å². The second kappa shape index (κ2) is 2.65. The predicted molar refractivity (Wildman–Crippen MR) is 44.6 cm³/mol.